The van der Waals surface area contributed by atoms with Crippen LogP contribution in [0.15, 0.2) is 34.9 Å². The molecule has 0 bridgehead atoms. The molecular formula is C13H14BrClN2O. The van der Waals surface area contributed by atoms with Crippen LogP contribution in [-0.2, 0) is 19.3 Å². The molecule has 0 spiro atoms. The molecule has 0 saturated heterocycles. The highest BCUT2D eigenvalue weighted by molar-refractivity contribution is 9.10. The number of ether oxygens (including phenoxy) is 1. The third-order valence-corrected chi connectivity index (χ3v) is 3.63. The van der Waals surface area contributed by atoms with Gasteiger partial charge in [0, 0.05) is 30.9 Å². The number of alkyl halides is 1. The second-order valence-corrected chi connectivity index (χ2v) is 5.03. The van der Waals surface area contributed by atoms with Crippen LogP contribution >= 0.6 is 27.5 Å². The maximum absolute atomic E-state index is 5.89. The Hall–Kier alpha value is -1.00. The van der Waals surface area contributed by atoms with Gasteiger partial charge in [-0.2, -0.15) is 5.10 Å². The van der Waals surface area contributed by atoms with E-state index >= 15 is 0 Å². The number of para-hydroxylation sites is 1. The molecule has 96 valence electrons. The minimum absolute atomic E-state index is 0.445. The monoisotopic (exact) mass is 328 g/mol. The van der Waals surface area contributed by atoms with E-state index in [1.54, 1.807) is 6.20 Å². The molecule has 1 heterocycles. The van der Waals surface area contributed by atoms with E-state index in [2.05, 4.69) is 21.0 Å². The third kappa shape index (κ3) is 3.06. The first-order valence-corrected chi connectivity index (χ1v) is 6.98. The fourth-order valence-corrected chi connectivity index (χ4v) is 2.46. The van der Waals surface area contributed by atoms with Crippen LogP contribution in [0.2, 0.25) is 0 Å². The minimum atomic E-state index is 0.445. The van der Waals surface area contributed by atoms with E-state index in [-0.39, 0.29) is 0 Å². The van der Waals surface area contributed by atoms with Gasteiger partial charge in [0.1, 0.15) is 5.75 Å². The van der Waals surface area contributed by atoms with Crippen LogP contribution < -0.4 is 4.74 Å². The molecule has 18 heavy (non-hydrogen) atoms. The molecule has 0 aliphatic rings. The number of hydrogen-bond acceptors (Lipinski definition) is 2. The largest absolute Gasteiger partial charge is 0.492 e. The Kier molecular flexibility index (Phi) is 4.66. The van der Waals surface area contributed by atoms with Crippen LogP contribution in [0.3, 0.4) is 0 Å². The topological polar surface area (TPSA) is 27.1 Å². The fraction of sp³-hybridized carbons (Fsp3) is 0.308. The fourth-order valence-electron chi connectivity index (χ4n) is 1.72. The second kappa shape index (κ2) is 6.25. The standard InChI is InChI=1S/C13H14BrClN2O/c1-17-11(5-7-16-17)6-8-18-13-10(9-15)3-2-4-12(13)14/h2-5,7H,6,8-9H2,1H3. The van der Waals surface area contributed by atoms with E-state index in [0.717, 1.165) is 27.9 Å². The van der Waals surface area contributed by atoms with Crippen LogP contribution in [0.25, 0.3) is 0 Å². The van der Waals surface area contributed by atoms with Crippen LogP contribution in [0.1, 0.15) is 11.3 Å². The lowest BCUT2D eigenvalue weighted by Crippen LogP contribution is -2.07. The van der Waals surface area contributed by atoms with Crippen molar-refractivity contribution in [3.63, 3.8) is 0 Å². The van der Waals surface area contributed by atoms with Gasteiger partial charge in [0.05, 0.1) is 17.0 Å². The smallest absolute Gasteiger partial charge is 0.137 e. The first-order chi connectivity index (χ1) is 8.72. The molecule has 0 unspecified atom stereocenters. The summed E-state index contributed by atoms with van der Waals surface area (Å²) in [6.07, 6.45) is 2.61. The number of hydrogen-bond donors (Lipinski definition) is 0. The zero-order chi connectivity index (χ0) is 13.0. The van der Waals surface area contributed by atoms with Gasteiger partial charge < -0.3 is 4.74 Å². The molecule has 0 N–H and O–H groups in total. The molecule has 0 aliphatic carbocycles. The van der Waals surface area contributed by atoms with Crippen molar-refractivity contribution in [1.82, 2.24) is 9.78 Å². The van der Waals surface area contributed by atoms with Gasteiger partial charge in [-0.1, -0.05) is 12.1 Å². The molecule has 2 rings (SSSR count). The van der Waals surface area contributed by atoms with Crippen molar-refractivity contribution in [3.8, 4) is 5.75 Å². The maximum Gasteiger partial charge on any atom is 0.137 e. The van der Waals surface area contributed by atoms with Crippen molar-refractivity contribution in [2.45, 2.75) is 12.3 Å². The molecule has 0 atom stereocenters. The predicted molar refractivity (Wildman–Crippen MR) is 76.1 cm³/mol. The van der Waals surface area contributed by atoms with E-state index in [9.17, 15) is 0 Å². The second-order valence-electron chi connectivity index (χ2n) is 3.91. The van der Waals surface area contributed by atoms with E-state index < -0.39 is 0 Å². The van der Waals surface area contributed by atoms with Crippen LogP contribution in [-0.4, -0.2) is 16.4 Å². The molecule has 5 heteroatoms. The summed E-state index contributed by atoms with van der Waals surface area (Å²) in [5.41, 5.74) is 2.14. The van der Waals surface area contributed by atoms with Crippen molar-refractivity contribution < 1.29 is 4.74 Å². The third-order valence-electron chi connectivity index (χ3n) is 2.72. The quantitative estimate of drug-likeness (QED) is 0.785. The van der Waals surface area contributed by atoms with Gasteiger partial charge in [0.25, 0.3) is 0 Å². The Labute approximate surface area is 120 Å². The first-order valence-electron chi connectivity index (χ1n) is 5.65. The minimum Gasteiger partial charge on any atom is -0.492 e. The van der Waals surface area contributed by atoms with Crippen molar-refractivity contribution in [2.75, 3.05) is 6.61 Å². The van der Waals surface area contributed by atoms with E-state index in [1.165, 1.54) is 0 Å². The summed E-state index contributed by atoms with van der Waals surface area (Å²) in [7, 11) is 1.93. The lowest BCUT2D eigenvalue weighted by atomic mass is 10.2. The number of nitrogens with zero attached hydrogens (tertiary/aromatic N) is 2. The summed E-state index contributed by atoms with van der Waals surface area (Å²) in [6.45, 7) is 0.603. The molecule has 1 aromatic carbocycles. The van der Waals surface area contributed by atoms with Crippen molar-refractivity contribution >= 4 is 27.5 Å². The number of rotatable bonds is 5. The summed E-state index contributed by atoms with van der Waals surface area (Å²) in [4.78, 5) is 0. The predicted octanol–water partition coefficient (Wildman–Crippen LogP) is 3.54. The maximum atomic E-state index is 5.89. The molecule has 3 nitrogen and oxygen atoms in total. The lowest BCUT2D eigenvalue weighted by Gasteiger charge is -2.11. The Morgan fingerprint density at radius 3 is 2.89 bits per heavy atom. The van der Waals surface area contributed by atoms with Gasteiger partial charge >= 0.3 is 0 Å². The molecule has 0 saturated carbocycles. The highest BCUT2D eigenvalue weighted by atomic mass is 79.9. The highest BCUT2D eigenvalue weighted by Crippen LogP contribution is 2.30. The molecule has 0 amide bonds. The van der Waals surface area contributed by atoms with Crippen LogP contribution in [0, 0.1) is 0 Å². The van der Waals surface area contributed by atoms with E-state index in [4.69, 9.17) is 16.3 Å². The molecule has 0 radical (unpaired) electrons. The zero-order valence-corrected chi connectivity index (χ0v) is 12.4. The van der Waals surface area contributed by atoms with Crippen LogP contribution in [0.5, 0.6) is 5.75 Å². The summed E-state index contributed by atoms with van der Waals surface area (Å²) in [5.74, 6) is 1.27. The van der Waals surface area contributed by atoms with Crippen molar-refractivity contribution in [1.29, 1.82) is 0 Å². The number of benzene rings is 1. The lowest BCUT2D eigenvalue weighted by molar-refractivity contribution is 0.314. The average molecular weight is 330 g/mol. The van der Waals surface area contributed by atoms with Gasteiger partial charge in [0.2, 0.25) is 0 Å². The van der Waals surface area contributed by atoms with Gasteiger partial charge in [0.15, 0.2) is 0 Å². The summed E-state index contributed by atoms with van der Waals surface area (Å²) >= 11 is 9.37. The van der Waals surface area contributed by atoms with E-state index in [0.29, 0.717) is 12.5 Å². The SMILES string of the molecule is Cn1nccc1CCOc1c(Br)cccc1CCl. The average Bonchev–Trinajstić information content (AvgIpc) is 2.77. The molecule has 1 aromatic heterocycles. The molecule has 0 fully saturated rings. The van der Waals surface area contributed by atoms with Crippen LogP contribution in [0.4, 0.5) is 0 Å². The Bertz CT molecular complexity index is 527. The Morgan fingerprint density at radius 1 is 1.39 bits per heavy atom. The number of halogens is 2. The molecule has 2 aromatic rings. The van der Waals surface area contributed by atoms with E-state index in [1.807, 2.05) is 36.0 Å². The number of aryl methyl sites for hydroxylation is 1. The Balaban J connectivity index is 2.00. The van der Waals surface area contributed by atoms with Gasteiger partial charge in [-0.15, -0.1) is 11.6 Å². The van der Waals surface area contributed by atoms with Crippen molar-refractivity contribution in [2.24, 2.45) is 7.05 Å². The van der Waals surface area contributed by atoms with Crippen molar-refractivity contribution in [3.05, 3.63) is 46.2 Å². The summed E-state index contributed by atoms with van der Waals surface area (Å²) in [6, 6.07) is 7.87. The number of aromatic nitrogens is 2. The van der Waals surface area contributed by atoms with Gasteiger partial charge in [-0.05, 0) is 28.1 Å². The van der Waals surface area contributed by atoms with Gasteiger partial charge in [-0.3, -0.25) is 4.68 Å². The molecular weight excluding hydrogens is 316 g/mol. The summed E-state index contributed by atoms with van der Waals surface area (Å²) < 4.78 is 8.60. The normalized spacial score (nSPS) is 10.6. The van der Waals surface area contributed by atoms with Gasteiger partial charge in [-0.25, -0.2) is 0 Å². The highest BCUT2D eigenvalue weighted by Gasteiger charge is 2.07. The summed E-state index contributed by atoms with van der Waals surface area (Å²) in [5, 5.41) is 4.12. The molecule has 0 aliphatic heterocycles. The first kappa shape index (κ1) is 13.4. The Morgan fingerprint density at radius 2 is 2.22 bits per heavy atom. The zero-order valence-electron chi connectivity index (χ0n) is 10.1.